The van der Waals surface area contributed by atoms with E-state index in [-0.39, 0.29) is 5.69 Å². The summed E-state index contributed by atoms with van der Waals surface area (Å²) in [5.74, 6) is 0.466. The fraction of sp³-hybridized carbons (Fsp3) is 0.533. The van der Waals surface area contributed by atoms with E-state index in [1.54, 1.807) is 12.1 Å². The Morgan fingerprint density at radius 1 is 1.43 bits per heavy atom. The molecule has 4 nitrogen and oxygen atoms in total. The van der Waals surface area contributed by atoms with Crippen LogP contribution in [-0.2, 0) is 18.0 Å². The van der Waals surface area contributed by atoms with Gasteiger partial charge in [-0.15, -0.1) is 11.3 Å². The molecule has 0 aliphatic carbocycles. The quantitative estimate of drug-likeness (QED) is 0.768. The summed E-state index contributed by atoms with van der Waals surface area (Å²) in [7, 11) is 0.212. The summed E-state index contributed by atoms with van der Waals surface area (Å²) >= 11 is 1.31. The normalized spacial score (nSPS) is 14.3. The highest BCUT2D eigenvalue weighted by Gasteiger charge is 2.17. The Balaban J connectivity index is 2.05. The molecule has 23 heavy (non-hydrogen) atoms. The minimum Gasteiger partial charge on any atom is -0.266 e. The SMILES string of the molecule is CCCC(C)CNS(=O)c1ccc(-c2cc(C(F)F)n(C)n2)s1. The van der Waals surface area contributed by atoms with Crippen LogP contribution in [0.2, 0.25) is 0 Å². The van der Waals surface area contributed by atoms with Crippen molar-refractivity contribution in [2.24, 2.45) is 13.0 Å². The highest BCUT2D eigenvalue weighted by atomic mass is 32.2. The third-order valence-corrected chi connectivity index (χ3v) is 6.04. The van der Waals surface area contributed by atoms with E-state index < -0.39 is 17.4 Å². The maximum Gasteiger partial charge on any atom is 0.280 e. The van der Waals surface area contributed by atoms with Gasteiger partial charge in [0, 0.05) is 13.6 Å². The van der Waals surface area contributed by atoms with Gasteiger partial charge >= 0.3 is 0 Å². The molecule has 0 bridgehead atoms. The Morgan fingerprint density at radius 2 is 2.17 bits per heavy atom. The molecule has 2 unspecified atom stereocenters. The van der Waals surface area contributed by atoms with Crippen molar-refractivity contribution in [3.8, 4) is 10.6 Å². The number of nitrogens with one attached hydrogen (secondary N) is 1. The van der Waals surface area contributed by atoms with Crippen molar-refractivity contribution in [3.63, 3.8) is 0 Å². The second-order valence-electron chi connectivity index (χ2n) is 5.51. The van der Waals surface area contributed by atoms with E-state index in [9.17, 15) is 13.0 Å². The highest BCUT2D eigenvalue weighted by Crippen LogP contribution is 2.31. The zero-order valence-corrected chi connectivity index (χ0v) is 15.0. The van der Waals surface area contributed by atoms with Crippen molar-refractivity contribution in [1.82, 2.24) is 14.5 Å². The van der Waals surface area contributed by atoms with Crippen molar-refractivity contribution in [2.75, 3.05) is 6.54 Å². The maximum atomic E-state index is 12.8. The van der Waals surface area contributed by atoms with Crippen LogP contribution in [0.15, 0.2) is 22.4 Å². The van der Waals surface area contributed by atoms with Gasteiger partial charge in [-0.1, -0.05) is 20.3 Å². The fourth-order valence-corrected chi connectivity index (χ4v) is 4.46. The van der Waals surface area contributed by atoms with Crippen molar-refractivity contribution in [3.05, 3.63) is 23.9 Å². The maximum absolute atomic E-state index is 12.8. The van der Waals surface area contributed by atoms with Crippen LogP contribution in [-0.4, -0.2) is 20.5 Å². The minimum atomic E-state index is -2.56. The molecule has 0 aliphatic heterocycles. The number of rotatable bonds is 8. The number of hydrogen-bond donors (Lipinski definition) is 1. The molecule has 0 saturated heterocycles. The van der Waals surface area contributed by atoms with Crippen LogP contribution in [0.4, 0.5) is 8.78 Å². The standard InChI is InChI=1S/C15H21F2N3OS2/c1-4-5-10(2)9-18-23(21)14-7-6-13(22-14)11-8-12(15(16)17)20(3)19-11/h6-8,10,15,18H,4-5,9H2,1-3H3. The molecule has 2 aromatic heterocycles. The van der Waals surface area contributed by atoms with Crippen LogP contribution in [0.3, 0.4) is 0 Å². The molecule has 2 rings (SSSR count). The lowest BCUT2D eigenvalue weighted by Gasteiger charge is -2.09. The highest BCUT2D eigenvalue weighted by molar-refractivity contribution is 7.85. The number of aromatic nitrogens is 2. The van der Waals surface area contributed by atoms with Crippen LogP contribution in [0.5, 0.6) is 0 Å². The number of halogens is 2. The molecule has 2 atom stereocenters. The Hall–Kier alpha value is -1.12. The zero-order chi connectivity index (χ0) is 17.0. The summed E-state index contributed by atoms with van der Waals surface area (Å²) in [5.41, 5.74) is 0.359. The topological polar surface area (TPSA) is 46.9 Å². The van der Waals surface area contributed by atoms with Gasteiger partial charge in [-0.2, -0.15) is 5.10 Å². The molecule has 1 N–H and O–H groups in total. The van der Waals surface area contributed by atoms with Crippen molar-refractivity contribution in [2.45, 2.75) is 37.3 Å². The van der Waals surface area contributed by atoms with Crippen LogP contribution in [0.25, 0.3) is 10.6 Å². The third kappa shape index (κ3) is 4.68. The van der Waals surface area contributed by atoms with Crippen molar-refractivity contribution < 1.29 is 13.0 Å². The zero-order valence-electron chi connectivity index (χ0n) is 13.4. The van der Waals surface area contributed by atoms with Crippen LogP contribution in [0.1, 0.15) is 38.8 Å². The fourth-order valence-electron chi connectivity index (χ4n) is 2.25. The summed E-state index contributed by atoms with van der Waals surface area (Å²) in [6.45, 7) is 4.93. The van der Waals surface area contributed by atoms with Crippen molar-refractivity contribution in [1.29, 1.82) is 0 Å². The molecule has 0 amide bonds. The van der Waals surface area contributed by atoms with E-state index in [4.69, 9.17) is 0 Å². The van der Waals surface area contributed by atoms with E-state index in [1.807, 2.05) is 0 Å². The second kappa shape index (κ2) is 8.12. The first kappa shape index (κ1) is 18.2. The number of nitrogens with zero attached hydrogens (tertiary/aromatic N) is 2. The number of aryl methyl sites for hydroxylation is 1. The Morgan fingerprint density at radius 3 is 2.78 bits per heavy atom. The predicted molar refractivity (Wildman–Crippen MR) is 90.0 cm³/mol. The summed E-state index contributed by atoms with van der Waals surface area (Å²) < 4.78 is 42.7. The van der Waals surface area contributed by atoms with Gasteiger partial charge < -0.3 is 0 Å². The summed E-state index contributed by atoms with van der Waals surface area (Å²) in [5, 5.41) is 4.10. The van der Waals surface area contributed by atoms with Gasteiger partial charge in [0.1, 0.15) is 26.6 Å². The Bertz CT molecular complexity index is 669. The summed E-state index contributed by atoms with van der Waals surface area (Å²) in [6.07, 6.45) is -0.369. The monoisotopic (exact) mass is 361 g/mol. The Labute approximate surface area is 141 Å². The summed E-state index contributed by atoms with van der Waals surface area (Å²) in [4.78, 5) is 0.735. The first-order valence-corrected chi connectivity index (χ1v) is 9.46. The smallest absolute Gasteiger partial charge is 0.266 e. The summed E-state index contributed by atoms with van der Waals surface area (Å²) in [6, 6.07) is 4.90. The van der Waals surface area contributed by atoms with Gasteiger partial charge in [0.25, 0.3) is 6.43 Å². The van der Waals surface area contributed by atoms with E-state index in [0.717, 1.165) is 17.7 Å². The molecular formula is C15H21F2N3OS2. The van der Waals surface area contributed by atoms with Gasteiger partial charge in [-0.25, -0.2) is 17.7 Å². The molecule has 0 radical (unpaired) electrons. The van der Waals surface area contributed by atoms with Crippen LogP contribution < -0.4 is 4.72 Å². The van der Waals surface area contributed by atoms with Gasteiger partial charge in [0.05, 0.1) is 4.88 Å². The molecule has 0 saturated carbocycles. The third-order valence-electron chi connectivity index (χ3n) is 3.50. The molecule has 2 heterocycles. The molecule has 0 spiro atoms. The molecule has 8 heteroatoms. The second-order valence-corrected chi connectivity index (χ2v) is 8.12. The van der Waals surface area contributed by atoms with E-state index in [2.05, 4.69) is 23.7 Å². The average molecular weight is 361 g/mol. The first-order chi connectivity index (χ1) is 10.9. The molecule has 0 aliphatic rings. The average Bonchev–Trinajstić information content (AvgIpc) is 3.11. The molecule has 0 aromatic carbocycles. The van der Waals surface area contributed by atoms with Crippen LogP contribution >= 0.6 is 11.3 Å². The van der Waals surface area contributed by atoms with Gasteiger partial charge in [0.2, 0.25) is 0 Å². The largest absolute Gasteiger partial charge is 0.280 e. The number of alkyl halides is 2. The molecular weight excluding hydrogens is 340 g/mol. The molecule has 0 fully saturated rings. The van der Waals surface area contributed by atoms with Crippen LogP contribution in [0, 0.1) is 5.92 Å². The van der Waals surface area contributed by atoms with E-state index in [1.165, 1.54) is 29.1 Å². The first-order valence-electron chi connectivity index (χ1n) is 7.50. The van der Waals surface area contributed by atoms with Crippen molar-refractivity contribution >= 4 is 22.3 Å². The van der Waals surface area contributed by atoms with E-state index >= 15 is 0 Å². The lowest BCUT2D eigenvalue weighted by Crippen LogP contribution is -2.22. The Kier molecular flexibility index (Phi) is 6.43. The molecule has 2 aromatic rings. The number of thiophene rings is 1. The lowest BCUT2D eigenvalue weighted by molar-refractivity contribution is 0.141. The molecule has 128 valence electrons. The van der Waals surface area contributed by atoms with Gasteiger partial charge in [-0.3, -0.25) is 4.68 Å². The van der Waals surface area contributed by atoms with Gasteiger partial charge in [0.15, 0.2) is 0 Å². The van der Waals surface area contributed by atoms with E-state index in [0.29, 0.717) is 22.4 Å². The minimum absolute atomic E-state index is 0.123. The predicted octanol–water partition coefficient (Wildman–Crippen LogP) is 4.13. The van der Waals surface area contributed by atoms with Gasteiger partial charge in [-0.05, 0) is 30.5 Å². The lowest BCUT2D eigenvalue weighted by atomic mass is 10.1. The number of hydrogen-bond acceptors (Lipinski definition) is 3.